The fourth-order valence-electron chi connectivity index (χ4n) is 3.62. The molecule has 5 heteroatoms. The molecule has 0 aliphatic rings. The van der Waals surface area contributed by atoms with Crippen molar-refractivity contribution in [3.8, 4) is 17.0 Å². The van der Waals surface area contributed by atoms with Crippen LogP contribution in [0.3, 0.4) is 0 Å². The Morgan fingerprint density at radius 2 is 1.63 bits per heavy atom. The first kappa shape index (κ1) is 30.5. The van der Waals surface area contributed by atoms with Crippen molar-refractivity contribution in [3.63, 3.8) is 0 Å². The van der Waals surface area contributed by atoms with Crippen molar-refractivity contribution in [2.45, 2.75) is 73.1 Å². The Bertz CT molecular complexity index is 1210. The van der Waals surface area contributed by atoms with Gasteiger partial charge in [-0.05, 0) is 47.9 Å². The summed E-state index contributed by atoms with van der Waals surface area (Å²) in [6.07, 6.45) is 1.17. The molecular weight excluding hydrogens is 615 g/mol. The summed E-state index contributed by atoms with van der Waals surface area (Å²) >= 11 is 0. The Kier molecular flexibility index (Phi) is 10.4. The number of aliphatic hydroxyl groups is 1. The van der Waals surface area contributed by atoms with E-state index in [1.807, 2.05) is 12.1 Å². The third-order valence-electron chi connectivity index (χ3n) is 5.37. The quantitative estimate of drug-likeness (QED) is 0.180. The molecule has 35 heavy (non-hydrogen) atoms. The Balaban J connectivity index is 0.000000672. The number of rotatable bonds is 3. The molecule has 191 valence electrons. The Morgan fingerprint density at radius 3 is 2.09 bits per heavy atom. The smallest absolute Gasteiger partial charge is 0.155 e. The Morgan fingerprint density at radius 1 is 1.00 bits per heavy atom. The Labute approximate surface area is 224 Å². The van der Waals surface area contributed by atoms with Gasteiger partial charge in [0.2, 0.25) is 0 Å². The van der Waals surface area contributed by atoms with Crippen molar-refractivity contribution in [1.29, 1.82) is 0 Å². The number of pyridine rings is 1. The van der Waals surface area contributed by atoms with Crippen LogP contribution in [0.5, 0.6) is 5.75 Å². The van der Waals surface area contributed by atoms with Crippen LogP contribution in [-0.2, 0) is 35.7 Å². The first-order valence-corrected chi connectivity index (χ1v) is 11.5. The second kappa shape index (κ2) is 12.0. The minimum Gasteiger partial charge on any atom is -0.512 e. The molecule has 1 N–H and O–H groups in total. The van der Waals surface area contributed by atoms with E-state index in [9.17, 15) is 4.79 Å². The number of ether oxygens (including phenoxy) is 1. The normalized spacial score (nSPS) is 11.9. The number of ketones is 1. The van der Waals surface area contributed by atoms with Crippen LogP contribution in [0, 0.1) is 13.0 Å². The maximum Gasteiger partial charge on any atom is 0.155 e. The van der Waals surface area contributed by atoms with Gasteiger partial charge in [0.25, 0.3) is 0 Å². The van der Waals surface area contributed by atoms with Crippen LogP contribution in [0.25, 0.3) is 22.2 Å². The number of carbonyl (C=O) groups is 1. The largest absolute Gasteiger partial charge is 0.512 e. The Hall–Kier alpha value is -2.49. The van der Waals surface area contributed by atoms with Crippen molar-refractivity contribution < 1.29 is 34.7 Å². The molecule has 0 atom stereocenters. The van der Waals surface area contributed by atoms with Crippen LogP contribution in [0.1, 0.15) is 72.1 Å². The molecule has 0 spiro atoms. The maximum atomic E-state index is 10.0. The molecule has 0 bridgehead atoms. The summed E-state index contributed by atoms with van der Waals surface area (Å²) in [5, 5.41) is 9.50. The summed E-state index contributed by atoms with van der Waals surface area (Å²) < 4.78 is 5.40. The number of carbonyl (C=O) groups excluding carboxylic acids is 1. The average Bonchev–Trinajstić information content (AvgIpc) is 2.70. The summed E-state index contributed by atoms with van der Waals surface area (Å²) in [6.45, 7) is 18.4. The molecule has 3 rings (SSSR count). The van der Waals surface area contributed by atoms with Gasteiger partial charge in [-0.3, -0.25) is 9.78 Å². The molecule has 0 saturated heterocycles. The first-order valence-electron chi connectivity index (χ1n) is 11.5. The molecule has 0 amide bonds. The van der Waals surface area contributed by atoms with Gasteiger partial charge in [0.1, 0.15) is 5.75 Å². The maximum absolute atomic E-state index is 10.0. The van der Waals surface area contributed by atoms with Crippen molar-refractivity contribution in [3.05, 3.63) is 71.0 Å². The topological polar surface area (TPSA) is 59.4 Å². The number of fused-ring (bicyclic) bond motifs is 1. The predicted molar refractivity (Wildman–Crippen MR) is 142 cm³/mol. The molecule has 1 aromatic heterocycles. The van der Waals surface area contributed by atoms with Crippen molar-refractivity contribution >= 4 is 16.7 Å². The zero-order valence-corrected chi connectivity index (χ0v) is 25.0. The molecule has 0 fully saturated rings. The molecule has 0 saturated carbocycles. The fraction of sp³-hybridized carbons (Fsp3) is 0.400. The summed E-state index contributed by atoms with van der Waals surface area (Å²) in [4.78, 5) is 15.1. The van der Waals surface area contributed by atoms with Crippen LogP contribution in [0.4, 0.5) is 0 Å². The van der Waals surface area contributed by atoms with E-state index in [4.69, 9.17) is 14.8 Å². The van der Waals surface area contributed by atoms with E-state index in [2.05, 4.69) is 78.8 Å². The van der Waals surface area contributed by atoms with Gasteiger partial charge in [-0.25, -0.2) is 0 Å². The number of benzene rings is 2. The second-order valence-electron chi connectivity index (χ2n) is 10.8. The average molecular weight is 653 g/mol. The second-order valence-corrected chi connectivity index (χ2v) is 10.8. The predicted octanol–water partition coefficient (Wildman–Crippen LogP) is 7.65. The number of methoxy groups -OCH3 is 1. The fourth-order valence-corrected chi connectivity index (χ4v) is 3.62. The van der Waals surface area contributed by atoms with Crippen LogP contribution < -0.4 is 4.74 Å². The van der Waals surface area contributed by atoms with Crippen LogP contribution in [0.15, 0.2) is 48.2 Å². The standard InChI is InChI=1S/C25H30NO.C5H8O2.Ir/c1-16-11-18(13-19(12-16)24(2,3)4)23-21(25(5,6)7)14-17-9-10-20(27-8)15-22(17)26-23;1-4(6)3-5(2)7;/h9-10,12-15H,1-8H3;3,6H,1-2H3;/q-1;;/b;4-3-;. The number of aliphatic hydroxyl groups excluding tert-OH is 1. The number of hydrogen-bond donors (Lipinski definition) is 1. The van der Waals surface area contributed by atoms with E-state index in [0.29, 0.717) is 0 Å². The monoisotopic (exact) mass is 653 g/mol. The van der Waals surface area contributed by atoms with E-state index in [-0.39, 0.29) is 42.5 Å². The van der Waals surface area contributed by atoms with Crippen LogP contribution >= 0.6 is 0 Å². The molecule has 0 aliphatic carbocycles. The minimum atomic E-state index is -0.125. The van der Waals surface area contributed by atoms with Gasteiger partial charge in [-0.2, -0.15) is 0 Å². The van der Waals surface area contributed by atoms with Gasteiger partial charge < -0.3 is 9.84 Å². The first-order chi connectivity index (χ1) is 15.6. The summed E-state index contributed by atoms with van der Waals surface area (Å²) in [6, 6.07) is 16.4. The van der Waals surface area contributed by atoms with Gasteiger partial charge in [-0.1, -0.05) is 60.1 Å². The van der Waals surface area contributed by atoms with Crippen LogP contribution in [-0.4, -0.2) is 23.0 Å². The molecule has 0 aliphatic heterocycles. The SMILES string of the molecule is CC(=O)/C=C(/C)O.COc1ccc2cc(C(C)(C)C)c(-c3[c-]c(C)cc(C(C)(C)C)c3)nc2c1.[Ir]. The van der Waals surface area contributed by atoms with Gasteiger partial charge in [0.15, 0.2) is 5.78 Å². The molecule has 0 unspecified atom stereocenters. The molecule has 4 nitrogen and oxygen atoms in total. The number of allylic oxidation sites excluding steroid dienone is 2. The number of hydrogen-bond acceptors (Lipinski definition) is 4. The van der Waals surface area contributed by atoms with Crippen LogP contribution in [0.2, 0.25) is 0 Å². The van der Waals surface area contributed by atoms with Gasteiger partial charge >= 0.3 is 0 Å². The summed E-state index contributed by atoms with van der Waals surface area (Å²) in [5.41, 5.74) is 6.77. The molecule has 1 radical (unpaired) electrons. The minimum absolute atomic E-state index is 0. The third-order valence-corrected chi connectivity index (χ3v) is 5.37. The van der Waals surface area contributed by atoms with E-state index < -0.39 is 0 Å². The van der Waals surface area contributed by atoms with E-state index >= 15 is 0 Å². The zero-order chi connectivity index (χ0) is 25.8. The third kappa shape index (κ3) is 8.59. The number of aryl methyl sites for hydroxylation is 1. The molecule has 3 aromatic rings. The van der Waals surface area contributed by atoms with Gasteiger partial charge in [0.05, 0.1) is 18.4 Å². The van der Waals surface area contributed by atoms with E-state index in [1.54, 1.807) is 7.11 Å². The van der Waals surface area contributed by atoms with Crippen molar-refractivity contribution in [2.75, 3.05) is 7.11 Å². The summed E-state index contributed by atoms with van der Waals surface area (Å²) in [5.74, 6) is 0.764. The molecular formula is C30H38IrNO3-. The number of aromatic nitrogens is 1. The van der Waals surface area contributed by atoms with E-state index in [0.717, 1.165) is 33.5 Å². The molecule has 2 aromatic carbocycles. The van der Waals surface area contributed by atoms with Crippen molar-refractivity contribution in [1.82, 2.24) is 4.98 Å². The van der Waals surface area contributed by atoms with Gasteiger partial charge in [0, 0.05) is 32.2 Å². The number of nitrogens with zero attached hydrogens (tertiary/aromatic N) is 1. The molecule has 1 heterocycles. The summed E-state index contributed by atoms with van der Waals surface area (Å²) in [7, 11) is 1.69. The van der Waals surface area contributed by atoms with E-state index in [1.165, 1.54) is 31.1 Å². The van der Waals surface area contributed by atoms with Gasteiger partial charge in [-0.15, -0.1) is 34.9 Å². The zero-order valence-electron chi connectivity index (χ0n) is 22.6. The van der Waals surface area contributed by atoms with Crippen molar-refractivity contribution in [2.24, 2.45) is 0 Å².